The predicted molar refractivity (Wildman–Crippen MR) is 80.8 cm³/mol. The number of ether oxygens (including phenoxy) is 1. The molecule has 4 nitrogen and oxygen atoms in total. The fourth-order valence-electron chi connectivity index (χ4n) is 2.18. The topological polar surface area (TPSA) is 43.6 Å². The molecule has 0 bridgehead atoms. The SMILES string of the molecule is COC(=O)c1ccn2cc(Cc3ccc(Cl)cc3)nc2c1. The van der Waals surface area contributed by atoms with Crippen LogP contribution in [0.4, 0.5) is 0 Å². The zero-order valence-corrected chi connectivity index (χ0v) is 12.2. The molecule has 0 saturated carbocycles. The standard InChI is InChI=1S/C16H13ClN2O2/c1-21-16(20)12-6-7-19-10-14(18-15(19)9-12)8-11-2-4-13(17)5-3-11/h2-7,9-10H,8H2,1H3. The number of carbonyl (C=O) groups excluding carboxylic acids is 1. The van der Waals surface area contributed by atoms with E-state index in [1.807, 2.05) is 34.9 Å². The summed E-state index contributed by atoms with van der Waals surface area (Å²) in [7, 11) is 1.37. The van der Waals surface area contributed by atoms with Crippen molar-refractivity contribution in [1.29, 1.82) is 0 Å². The summed E-state index contributed by atoms with van der Waals surface area (Å²) in [6, 6.07) is 11.1. The summed E-state index contributed by atoms with van der Waals surface area (Å²) < 4.78 is 6.60. The smallest absolute Gasteiger partial charge is 0.338 e. The molecular weight excluding hydrogens is 288 g/mol. The van der Waals surface area contributed by atoms with Crippen LogP contribution in [0.25, 0.3) is 5.65 Å². The lowest BCUT2D eigenvalue weighted by Gasteiger charge is -1.98. The Morgan fingerprint density at radius 2 is 2.05 bits per heavy atom. The first-order valence-corrected chi connectivity index (χ1v) is 6.84. The third-order valence-electron chi connectivity index (χ3n) is 3.23. The molecule has 21 heavy (non-hydrogen) atoms. The second-order valence-electron chi connectivity index (χ2n) is 4.71. The normalized spacial score (nSPS) is 10.8. The minimum atomic E-state index is -0.361. The molecule has 0 aliphatic carbocycles. The third kappa shape index (κ3) is 2.90. The number of imidazole rings is 1. The van der Waals surface area contributed by atoms with Gasteiger partial charge in [0.05, 0.1) is 18.4 Å². The molecule has 0 fully saturated rings. The highest BCUT2D eigenvalue weighted by molar-refractivity contribution is 6.30. The predicted octanol–water partition coefficient (Wildman–Crippen LogP) is 3.37. The quantitative estimate of drug-likeness (QED) is 0.697. The van der Waals surface area contributed by atoms with Crippen molar-refractivity contribution in [2.75, 3.05) is 7.11 Å². The number of hydrogen-bond acceptors (Lipinski definition) is 3. The molecule has 0 radical (unpaired) electrons. The summed E-state index contributed by atoms with van der Waals surface area (Å²) in [5.41, 5.74) is 3.28. The molecule has 0 spiro atoms. The van der Waals surface area contributed by atoms with E-state index >= 15 is 0 Å². The van der Waals surface area contributed by atoms with E-state index in [9.17, 15) is 4.79 Å². The highest BCUT2D eigenvalue weighted by Gasteiger charge is 2.08. The van der Waals surface area contributed by atoms with Crippen LogP contribution < -0.4 is 0 Å². The molecule has 0 amide bonds. The molecule has 2 aromatic heterocycles. The van der Waals surface area contributed by atoms with Gasteiger partial charge in [-0.2, -0.15) is 0 Å². The van der Waals surface area contributed by atoms with Crippen molar-refractivity contribution in [1.82, 2.24) is 9.38 Å². The van der Waals surface area contributed by atoms with Crippen molar-refractivity contribution in [3.8, 4) is 0 Å². The molecule has 3 aromatic rings. The van der Waals surface area contributed by atoms with Crippen LogP contribution >= 0.6 is 11.6 Å². The van der Waals surface area contributed by atoms with Crippen LogP contribution in [0.15, 0.2) is 48.8 Å². The number of methoxy groups -OCH3 is 1. The van der Waals surface area contributed by atoms with E-state index in [-0.39, 0.29) is 5.97 Å². The summed E-state index contributed by atoms with van der Waals surface area (Å²) in [5.74, 6) is -0.361. The monoisotopic (exact) mass is 300 g/mol. The number of esters is 1. The first-order chi connectivity index (χ1) is 10.2. The van der Waals surface area contributed by atoms with E-state index in [1.165, 1.54) is 7.11 Å². The Kier molecular flexibility index (Phi) is 3.62. The molecular formula is C16H13ClN2O2. The maximum Gasteiger partial charge on any atom is 0.338 e. The van der Waals surface area contributed by atoms with Crippen molar-refractivity contribution >= 4 is 23.2 Å². The van der Waals surface area contributed by atoms with E-state index in [0.717, 1.165) is 21.9 Å². The number of hydrogen-bond donors (Lipinski definition) is 0. The summed E-state index contributed by atoms with van der Waals surface area (Å²) in [6.07, 6.45) is 4.47. The number of carbonyl (C=O) groups is 1. The van der Waals surface area contributed by atoms with Gasteiger partial charge in [-0.1, -0.05) is 23.7 Å². The molecule has 0 aliphatic heterocycles. The number of rotatable bonds is 3. The molecule has 1 aromatic carbocycles. The lowest BCUT2D eigenvalue weighted by atomic mass is 10.1. The Labute approximate surface area is 126 Å². The van der Waals surface area contributed by atoms with Gasteiger partial charge in [0.15, 0.2) is 0 Å². The van der Waals surface area contributed by atoms with Gasteiger partial charge in [0, 0.05) is 23.8 Å². The highest BCUT2D eigenvalue weighted by Crippen LogP contribution is 2.15. The molecule has 0 aliphatic rings. The molecule has 0 saturated heterocycles. The van der Waals surface area contributed by atoms with Crippen LogP contribution in [0.5, 0.6) is 0 Å². The number of benzene rings is 1. The Bertz CT molecular complexity index is 794. The largest absolute Gasteiger partial charge is 0.465 e. The van der Waals surface area contributed by atoms with Gasteiger partial charge in [-0.15, -0.1) is 0 Å². The third-order valence-corrected chi connectivity index (χ3v) is 3.48. The van der Waals surface area contributed by atoms with E-state index in [1.54, 1.807) is 18.3 Å². The lowest BCUT2D eigenvalue weighted by molar-refractivity contribution is 0.0600. The lowest BCUT2D eigenvalue weighted by Crippen LogP contribution is -2.01. The molecule has 0 N–H and O–H groups in total. The van der Waals surface area contributed by atoms with E-state index < -0.39 is 0 Å². The van der Waals surface area contributed by atoms with Crippen LogP contribution in [0.1, 0.15) is 21.6 Å². The maximum atomic E-state index is 11.5. The van der Waals surface area contributed by atoms with E-state index in [0.29, 0.717) is 12.0 Å². The van der Waals surface area contributed by atoms with Crippen LogP contribution in [-0.4, -0.2) is 22.5 Å². The van der Waals surface area contributed by atoms with Crippen LogP contribution in [0.2, 0.25) is 5.02 Å². The van der Waals surface area contributed by atoms with Gasteiger partial charge in [0.1, 0.15) is 5.65 Å². The number of fused-ring (bicyclic) bond motifs is 1. The zero-order valence-electron chi connectivity index (χ0n) is 11.4. The second-order valence-corrected chi connectivity index (χ2v) is 5.14. The first kappa shape index (κ1) is 13.6. The maximum absolute atomic E-state index is 11.5. The average molecular weight is 301 g/mol. The van der Waals surface area contributed by atoms with Gasteiger partial charge < -0.3 is 9.14 Å². The Morgan fingerprint density at radius 3 is 2.76 bits per heavy atom. The van der Waals surface area contributed by atoms with Crippen molar-refractivity contribution in [2.45, 2.75) is 6.42 Å². The van der Waals surface area contributed by atoms with Gasteiger partial charge in [-0.25, -0.2) is 9.78 Å². The summed E-state index contributed by atoms with van der Waals surface area (Å²) >= 11 is 5.88. The number of nitrogens with zero attached hydrogens (tertiary/aromatic N) is 2. The minimum absolute atomic E-state index is 0.361. The number of halogens is 1. The van der Waals surface area contributed by atoms with Gasteiger partial charge in [-0.05, 0) is 29.8 Å². The Hall–Kier alpha value is -2.33. The van der Waals surface area contributed by atoms with Gasteiger partial charge in [0.25, 0.3) is 0 Å². The van der Waals surface area contributed by atoms with Crippen molar-refractivity contribution in [3.05, 3.63) is 70.6 Å². The zero-order chi connectivity index (χ0) is 14.8. The molecule has 2 heterocycles. The summed E-state index contributed by atoms with van der Waals surface area (Å²) in [4.78, 5) is 16.0. The van der Waals surface area contributed by atoms with E-state index in [4.69, 9.17) is 16.3 Å². The fourth-order valence-corrected chi connectivity index (χ4v) is 2.30. The van der Waals surface area contributed by atoms with Crippen molar-refractivity contribution < 1.29 is 9.53 Å². The van der Waals surface area contributed by atoms with Crippen LogP contribution in [-0.2, 0) is 11.2 Å². The summed E-state index contributed by atoms with van der Waals surface area (Å²) in [5, 5.41) is 0.719. The summed E-state index contributed by atoms with van der Waals surface area (Å²) in [6.45, 7) is 0. The van der Waals surface area contributed by atoms with Gasteiger partial charge >= 0.3 is 5.97 Å². The molecule has 0 atom stereocenters. The van der Waals surface area contributed by atoms with Gasteiger partial charge in [0.2, 0.25) is 0 Å². The van der Waals surface area contributed by atoms with Gasteiger partial charge in [-0.3, -0.25) is 0 Å². The Morgan fingerprint density at radius 1 is 1.29 bits per heavy atom. The second kappa shape index (κ2) is 5.58. The van der Waals surface area contributed by atoms with E-state index in [2.05, 4.69) is 4.98 Å². The van der Waals surface area contributed by atoms with Crippen molar-refractivity contribution in [3.63, 3.8) is 0 Å². The van der Waals surface area contributed by atoms with Crippen LogP contribution in [0, 0.1) is 0 Å². The molecule has 106 valence electrons. The number of aromatic nitrogens is 2. The molecule has 3 rings (SSSR count). The molecule has 0 unspecified atom stereocenters. The molecule has 5 heteroatoms. The van der Waals surface area contributed by atoms with Crippen molar-refractivity contribution in [2.24, 2.45) is 0 Å². The number of pyridine rings is 1. The minimum Gasteiger partial charge on any atom is -0.465 e. The van der Waals surface area contributed by atoms with Crippen LogP contribution in [0.3, 0.4) is 0 Å². The highest BCUT2D eigenvalue weighted by atomic mass is 35.5. The Balaban J connectivity index is 1.90. The average Bonchev–Trinajstić information content (AvgIpc) is 2.90. The first-order valence-electron chi connectivity index (χ1n) is 6.46. The fraction of sp³-hybridized carbons (Fsp3) is 0.125.